The van der Waals surface area contributed by atoms with Gasteiger partial charge in [0, 0.05) is 18.2 Å². The molecule has 1 atom stereocenters. The van der Waals surface area contributed by atoms with Crippen LogP contribution in [0.3, 0.4) is 0 Å². The summed E-state index contributed by atoms with van der Waals surface area (Å²) in [6, 6.07) is 11.2. The van der Waals surface area contributed by atoms with E-state index in [0.717, 1.165) is 52.5 Å². The quantitative estimate of drug-likeness (QED) is 0.376. The highest BCUT2D eigenvalue weighted by atomic mass is 16.5. The molecular weight excluding hydrogens is 460 g/mol. The van der Waals surface area contributed by atoms with Crippen molar-refractivity contribution in [3.63, 3.8) is 0 Å². The molecule has 0 saturated carbocycles. The molecule has 2 heterocycles. The molecule has 3 aromatic rings. The Morgan fingerprint density at radius 3 is 2.53 bits per heavy atom. The van der Waals surface area contributed by atoms with E-state index in [9.17, 15) is 4.79 Å². The number of ether oxygens (including phenoxy) is 4. The van der Waals surface area contributed by atoms with Crippen molar-refractivity contribution in [2.75, 3.05) is 27.9 Å². The molecule has 0 spiro atoms. The molecule has 1 aliphatic heterocycles. The van der Waals surface area contributed by atoms with Crippen LogP contribution in [0.1, 0.15) is 47.0 Å². The summed E-state index contributed by atoms with van der Waals surface area (Å²) in [6.07, 6.45) is 5.19. The molecule has 0 N–H and O–H groups in total. The first-order chi connectivity index (χ1) is 17.4. The normalized spacial score (nSPS) is 15.4. The van der Waals surface area contributed by atoms with Crippen LogP contribution in [-0.4, -0.2) is 43.8 Å². The predicted molar refractivity (Wildman–Crippen MR) is 136 cm³/mol. The molecule has 1 fully saturated rings. The summed E-state index contributed by atoms with van der Waals surface area (Å²) < 4.78 is 27.6. The second kappa shape index (κ2) is 11.2. The maximum atomic E-state index is 13.2. The molecule has 190 valence electrons. The molecule has 0 aliphatic carbocycles. The summed E-state index contributed by atoms with van der Waals surface area (Å²) in [5.41, 5.74) is 3.51. The Bertz CT molecular complexity index is 1230. The zero-order valence-corrected chi connectivity index (χ0v) is 21.4. The van der Waals surface area contributed by atoms with Crippen LogP contribution in [0.4, 0.5) is 0 Å². The second-order valence-electron chi connectivity index (χ2n) is 8.63. The van der Waals surface area contributed by atoms with Crippen LogP contribution in [0.2, 0.25) is 0 Å². The fourth-order valence-electron chi connectivity index (χ4n) is 4.48. The molecule has 2 aromatic carbocycles. The summed E-state index contributed by atoms with van der Waals surface area (Å²) in [5.74, 6) is 3.35. The molecular formula is C28H32N2O6. The van der Waals surface area contributed by atoms with Crippen molar-refractivity contribution in [1.82, 2.24) is 10.1 Å². The fourth-order valence-corrected chi connectivity index (χ4v) is 4.48. The molecule has 1 aromatic heterocycles. The Balaban J connectivity index is 1.47. The van der Waals surface area contributed by atoms with Gasteiger partial charge < -0.3 is 28.4 Å². The molecule has 36 heavy (non-hydrogen) atoms. The van der Waals surface area contributed by atoms with Gasteiger partial charge in [0.25, 0.3) is 0 Å². The zero-order chi connectivity index (χ0) is 25.7. The smallest absolute Gasteiger partial charge is 0.247 e. The van der Waals surface area contributed by atoms with Crippen LogP contribution < -0.4 is 18.9 Å². The number of aryl methyl sites for hydroxylation is 2. The van der Waals surface area contributed by atoms with Crippen molar-refractivity contribution < 1.29 is 28.3 Å². The number of methoxy groups -OCH3 is 3. The van der Waals surface area contributed by atoms with Crippen molar-refractivity contribution >= 4 is 12.0 Å². The molecule has 8 nitrogen and oxygen atoms in total. The van der Waals surface area contributed by atoms with E-state index >= 15 is 0 Å². The third-order valence-corrected chi connectivity index (χ3v) is 6.49. The lowest BCUT2D eigenvalue weighted by molar-refractivity contribution is -0.126. The topological polar surface area (TPSA) is 83.3 Å². The molecule has 1 saturated heterocycles. The average Bonchev–Trinajstić information content (AvgIpc) is 3.52. The van der Waals surface area contributed by atoms with Gasteiger partial charge in [-0.1, -0.05) is 11.2 Å². The summed E-state index contributed by atoms with van der Waals surface area (Å²) in [7, 11) is 4.86. The van der Waals surface area contributed by atoms with Crippen molar-refractivity contribution in [2.45, 2.75) is 39.3 Å². The van der Waals surface area contributed by atoms with Gasteiger partial charge in [-0.15, -0.1) is 0 Å². The van der Waals surface area contributed by atoms with Crippen LogP contribution in [0.5, 0.6) is 23.0 Å². The minimum absolute atomic E-state index is 0.0555. The van der Waals surface area contributed by atoms with E-state index in [0.29, 0.717) is 24.7 Å². The highest BCUT2D eigenvalue weighted by molar-refractivity contribution is 5.92. The number of hydrogen-bond donors (Lipinski definition) is 0. The maximum Gasteiger partial charge on any atom is 0.247 e. The zero-order valence-electron chi connectivity index (χ0n) is 21.4. The van der Waals surface area contributed by atoms with Crippen LogP contribution in [0.15, 0.2) is 47.0 Å². The minimum atomic E-state index is -0.0677. The second-order valence-corrected chi connectivity index (χ2v) is 8.63. The van der Waals surface area contributed by atoms with Crippen molar-refractivity contribution in [3.05, 3.63) is 70.6 Å². The largest absolute Gasteiger partial charge is 0.497 e. The molecule has 1 aliphatic rings. The van der Waals surface area contributed by atoms with Gasteiger partial charge in [0.05, 0.1) is 38.6 Å². The van der Waals surface area contributed by atoms with Gasteiger partial charge in [0.1, 0.15) is 23.9 Å². The van der Waals surface area contributed by atoms with Gasteiger partial charge >= 0.3 is 0 Å². The summed E-state index contributed by atoms with van der Waals surface area (Å²) in [6.45, 7) is 4.75. The Morgan fingerprint density at radius 2 is 1.83 bits per heavy atom. The average molecular weight is 493 g/mol. The highest BCUT2D eigenvalue weighted by Crippen LogP contribution is 2.39. The van der Waals surface area contributed by atoms with Gasteiger partial charge in [-0.25, -0.2) is 0 Å². The van der Waals surface area contributed by atoms with Gasteiger partial charge in [0.15, 0.2) is 11.5 Å². The highest BCUT2D eigenvalue weighted by Gasteiger charge is 2.31. The number of nitrogens with zero attached hydrogens (tertiary/aromatic N) is 2. The first kappa shape index (κ1) is 25.2. The van der Waals surface area contributed by atoms with E-state index in [1.165, 1.54) is 0 Å². The lowest BCUT2D eigenvalue weighted by atomic mass is 10.0. The molecule has 1 unspecified atom stereocenters. The van der Waals surface area contributed by atoms with E-state index in [-0.39, 0.29) is 11.9 Å². The number of likely N-dealkylation sites (tertiary alicyclic amines) is 1. The summed E-state index contributed by atoms with van der Waals surface area (Å²) in [5, 5.41) is 3.96. The molecule has 0 radical (unpaired) electrons. The number of rotatable bonds is 9. The lowest BCUT2D eigenvalue weighted by Crippen LogP contribution is -2.29. The van der Waals surface area contributed by atoms with Crippen LogP contribution in [0, 0.1) is 13.8 Å². The number of carbonyl (C=O) groups is 1. The number of benzene rings is 2. The maximum absolute atomic E-state index is 13.2. The SMILES string of the molecule is COc1ccc(OC)c(C2CCCN2C(=O)/C=C/c2ccc(OCc3c(C)noc3C)c(OC)c2)c1. The van der Waals surface area contributed by atoms with Crippen LogP contribution in [0.25, 0.3) is 6.08 Å². The lowest BCUT2D eigenvalue weighted by Gasteiger charge is -2.25. The predicted octanol–water partition coefficient (Wildman–Crippen LogP) is 5.27. The summed E-state index contributed by atoms with van der Waals surface area (Å²) >= 11 is 0. The van der Waals surface area contributed by atoms with Gasteiger partial charge in [-0.3, -0.25) is 4.79 Å². The van der Waals surface area contributed by atoms with Gasteiger partial charge in [-0.2, -0.15) is 0 Å². The third kappa shape index (κ3) is 5.32. The van der Waals surface area contributed by atoms with E-state index in [2.05, 4.69) is 5.16 Å². The minimum Gasteiger partial charge on any atom is -0.497 e. The van der Waals surface area contributed by atoms with Gasteiger partial charge in [-0.05, 0) is 68.7 Å². The van der Waals surface area contributed by atoms with Crippen LogP contribution >= 0.6 is 0 Å². The first-order valence-corrected chi connectivity index (χ1v) is 11.9. The third-order valence-electron chi connectivity index (χ3n) is 6.49. The number of carbonyl (C=O) groups excluding carboxylic acids is 1. The summed E-state index contributed by atoms with van der Waals surface area (Å²) in [4.78, 5) is 15.1. The van der Waals surface area contributed by atoms with E-state index < -0.39 is 0 Å². The van der Waals surface area contributed by atoms with Crippen molar-refractivity contribution in [2.24, 2.45) is 0 Å². The fraction of sp³-hybridized carbons (Fsp3) is 0.357. The van der Waals surface area contributed by atoms with E-state index in [1.807, 2.05) is 55.1 Å². The standard InChI is InChI=1S/C28H32N2O6/c1-18-23(19(2)36-29-18)17-35-26-11-8-20(15-27(26)34-5)9-13-28(31)30-14-6-7-24(30)22-16-21(32-3)10-12-25(22)33-4/h8-13,15-16,24H,6-7,14,17H2,1-5H3/b13-9+. The van der Waals surface area contributed by atoms with Crippen molar-refractivity contribution in [1.29, 1.82) is 0 Å². The Morgan fingerprint density at radius 1 is 1.06 bits per heavy atom. The number of amides is 1. The molecule has 4 rings (SSSR count). The van der Waals surface area contributed by atoms with Crippen molar-refractivity contribution in [3.8, 4) is 23.0 Å². The number of hydrogen-bond acceptors (Lipinski definition) is 7. The van der Waals surface area contributed by atoms with E-state index in [4.69, 9.17) is 23.5 Å². The molecule has 1 amide bonds. The number of aromatic nitrogens is 1. The Labute approximate surface area is 211 Å². The van der Waals surface area contributed by atoms with E-state index in [1.54, 1.807) is 33.5 Å². The van der Waals surface area contributed by atoms with Crippen LogP contribution in [-0.2, 0) is 11.4 Å². The first-order valence-electron chi connectivity index (χ1n) is 11.9. The van der Waals surface area contributed by atoms with Gasteiger partial charge in [0.2, 0.25) is 5.91 Å². The molecule has 0 bridgehead atoms. The Hall–Kier alpha value is -3.94. The monoisotopic (exact) mass is 492 g/mol. The molecule has 8 heteroatoms. The Kier molecular flexibility index (Phi) is 7.83.